The van der Waals surface area contributed by atoms with Gasteiger partial charge in [0.05, 0.1) is 16.7 Å². The molecule has 4 nitrogen and oxygen atoms in total. The number of nitro benzene ring substituents is 1. The third kappa shape index (κ3) is 3.18. The quantitative estimate of drug-likeness (QED) is 0.620. The van der Waals surface area contributed by atoms with E-state index >= 15 is 0 Å². The zero-order valence-corrected chi connectivity index (χ0v) is 10.4. The highest BCUT2D eigenvalue weighted by Crippen LogP contribution is 2.35. The van der Waals surface area contributed by atoms with Crippen LogP contribution in [0.1, 0.15) is 32.6 Å². The number of nitro groups is 1. The van der Waals surface area contributed by atoms with Gasteiger partial charge in [0.1, 0.15) is 0 Å². The van der Waals surface area contributed by atoms with E-state index in [9.17, 15) is 14.5 Å². The zero-order valence-electron chi connectivity index (χ0n) is 10.4. The maximum absolute atomic E-state index is 13.7. The summed E-state index contributed by atoms with van der Waals surface area (Å²) < 4.78 is 13.7. The molecule has 1 aliphatic carbocycles. The van der Waals surface area contributed by atoms with Crippen LogP contribution >= 0.6 is 0 Å². The molecule has 1 fully saturated rings. The standard InChI is InChI=1S/C13H17FN2O2/c1-2-10(7-9-3-4-9)15-13-6-5-11(16(17)18)8-12(13)14/h5-6,8-10,15H,2-4,7H2,1H3. The van der Waals surface area contributed by atoms with Gasteiger partial charge in [0.15, 0.2) is 5.82 Å². The fraction of sp³-hybridized carbons (Fsp3) is 0.538. The van der Waals surface area contributed by atoms with E-state index < -0.39 is 10.7 Å². The molecule has 1 saturated carbocycles. The minimum atomic E-state index is -0.589. The number of hydrogen-bond donors (Lipinski definition) is 1. The fourth-order valence-corrected chi connectivity index (χ4v) is 2.04. The van der Waals surface area contributed by atoms with Crippen molar-refractivity contribution in [2.75, 3.05) is 5.32 Å². The first-order chi connectivity index (χ1) is 8.60. The number of nitrogens with one attached hydrogen (secondary N) is 1. The van der Waals surface area contributed by atoms with Gasteiger partial charge in [-0.15, -0.1) is 0 Å². The van der Waals surface area contributed by atoms with Gasteiger partial charge < -0.3 is 5.32 Å². The average Bonchev–Trinajstić information content (AvgIpc) is 3.14. The van der Waals surface area contributed by atoms with Crippen LogP contribution in [-0.4, -0.2) is 11.0 Å². The van der Waals surface area contributed by atoms with Gasteiger partial charge in [0.2, 0.25) is 0 Å². The van der Waals surface area contributed by atoms with Gasteiger partial charge in [-0.05, 0) is 24.8 Å². The minimum absolute atomic E-state index is 0.215. The summed E-state index contributed by atoms with van der Waals surface area (Å²) in [6, 6.07) is 3.98. The molecule has 1 atom stereocenters. The Labute approximate surface area is 105 Å². The summed E-state index contributed by atoms with van der Waals surface area (Å²) in [5.41, 5.74) is 0.140. The first-order valence-electron chi connectivity index (χ1n) is 6.30. The fourth-order valence-electron chi connectivity index (χ4n) is 2.04. The highest BCUT2D eigenvalue weighted by molar-refractivity contribution is 5.50. The summed E-state index contributed by atoms with van der Waals surface area (Å²) in [5.74, 6) is 0.210. The van der Waals surface area contributed by atoms with Gasteiger partial charge in [-0.25, -0.2) is 4.39 Å². The molecular formula is C13H17FN2O2. The number of rotatable bonds is 6. The topological polar surface area (TPSA) is 55.2 Å². The van der Waals surface area contributed by atoms with Crippen molar-refractivity contribution in [3.8, 4) is 0 Å². The molecule has 1 aromatic carbocycles. The van der Waals surface area contributed by atoms with Gasteiger partial charge in [-0.3, -0.25) is 10.1 Å². The Kier molecular flexibility index (Phi) is 3.79. The summed E-state index contributed by atoms with van der Waals surface area (Å²) in [7, 11) is 0. The second-order valence-electron chi connectivity index (χ2n) is 4.85. The Hall–Kier alpha value is -1.65. The molecule has 18 heavy (non-hydrogen) atoms. The Balaban J connectivity index is 2.05. The zero-order chi connectivity index (χ0) is 13.1. The molecule has 0 spiro atoms. The molecule has 1 aliphatic rings. The van der Waals surface area contributed by atoms with Gasteiger partial charge in [-0.1, -0.05) is 19.8 Å². The molecule has 5 heteroatoms. The van der Waals surface area contributed by atoms with Crippen molar-refractivity contribution in [3.05, 3.63) is 34.1 Å². The molecule has 98 valence electrons. The summed E-state index contributed by atoms with van der Waals surface area (Å²) in [5, 5.41) is 13.7. The number of hydrogen-bond acceptors (Lipinski definition) is 3. The SMILES string of the molecule is CCC(CC1CC1)Nc1ccc([N+](=O)[O-])cc1F. The molecule has 2 rings (SSSR count). The van der Waals surface area contributed by atoms with E-state index in [0.717, 1.165) is 24.8 Å². The summed E-state index contributed by atoms with van der Waals surface area (Å²) >= 11 is 0. The minimum Gasteiger partial charge on any atom is -0.380 e. The largest absolute Gasteiger partial charge is 0.380 e. The average molecular weight is 252 g/mol. The lowest BCUT2D eigenvalue weighted by atomic mass is 10.1. The highest BCUT2D eigenvalue weighted by Gasteiger charge is 2.25. The molecule has 1 unspecified atom stereocenters. The van der Waals surface area contributed by atoms with E-state index in [-0.39, 0.29) is 11.7 Å². The Bertz CT molecular complexity index is 447. The van der Waals surface area contributed by atoms with Crippen LogP contribution in [0.25, 0.3) is 0 Å². The predicted octanol–water partition coefficient (Wildman–Crippen LogP) is 3.72. The Morgan fingerprint density at radius 3 is 2.78 bits per heavy atom. The Morgan fingerprint density at radius 1 is 1.56 bits per heavy atom. The molecule has 0 amide bonds. The second kappa shape index (κ2) is 5.33. The van der Waals surface area contributed by atoms with Crippen LogP contribution in [0.3, 0.4) is 0 Å². The van der Waals surface area contributed by atoms with Crippen molar-refractivity contribution < 1.29 is 9.31 Å². The van der Waals surface area contributed by atoms with Gasteiger partial charge in [-0.2, -0.15) is 0 Å². The van der Waals surface area contributed by atoms with Crippen molar-refractivity contribution in [2.24, 2.45) is 5.92 Å². The molecule has 0 saturated heterocycles. The molecule has 1 N–H and O–H groups in total. The molecule has 0 bridgehead atoms. The van der Waals surface area contributed by atoms with E-state index in [1.807, 2.05) is 0 Å². The number of halogens is 1. The van der Waals surface area contributed by atoms with Crippen LogP contribution in [0.2, 0.25) is 0 Å². The lowest BCUT2D eigenvalue weighted by Crippen LogP contribution is -2.19. The summed E-state index contributed by atoms with van der Waals surface area (Å²) in [6.45, 7) is 2.06. The van der Waals surface area contributed by atoms with Crippen LogP contribution in [-0.2, 0) is 0 Å². The van der Waals surface area contributed by atoms with Crippen molar-refractivity contribution in [2.45, 2.75) is 38.6 Å². The lowest BCUT2D eigenvalue weighted by Gasteiger charge is -2.18. The molecule has 0 heterocycles. The summed E-state index contributed by atoms with van der Waals surface area (Å²) in [4.78, 5) is 9.93. The van der Waals surface area contributed by atoms with Gasteiger partial charge >= 0.3 is 0 Å². The van der Waals surface area contributed by atoms with Crippen LogP contribution in [0, 0.1) is 21.8 Å². The van der Waals surface area contributed by atoms with E-state index in [1.54, 1.807) is 0 Å². The Morgan fingerprint density at radius 2 is 2.28 bits per heavy atom. The molecule has 0 aliphatic heterocycles. The second-order valence-corrected chi connectivity index (χ2v) is 4.85. The van der Waals surface area contributed by atoms with Gasteiger partial charge in [0, 0.05) is 12.1 Å². The number of nitrogens with zero attached hydrogens (tertiary/aromatic N) is 1. The normalized spacial score (nSPS) is 16.3. The first kappa shape index (κ1) is 12.8. The van der Waals surface area contributed by atoms with Gasteiger partial charge in [0.25, 0.3) is 5.69 Å². The molecule has 0 aromatic heterocycles. The maximum atomic E-state index is 13.7. The van der Waals surface area contributed by atoms with E-state index in [2.05, 4.69) is 12.2 Å². The molecule has 1 aromatic rings. The molecule has 0 radical (unpaired) electrons. The number of anilines is 1. The first-order valence-corrected chi connectivity index (χ1v) is 6.30. The van der Waals surface area contributed by atoms with Crippen LogP contribution in [0.5, 0.6) is 0 Å². The van der Waals surface area contributed by atoms with E-state index in [1.165, 1.54) is 25.0 Å². The maximum Gasteiger partial charge on any atom is 0.272 e. The predicted molar refractivity (Wildman–Crippen MR) is 68.1 cm³/mol. The third-order valence-corrected chi connectivity index (χ3v) is 3.33. The van der Waals surface area contributed by atoms with Crippen molar-refractivity contribution in [3.63, 3.8) is 0 Å². The van der Waals surface area contributed by atoms with E-state index in [0.29, 0.717) is 5.69 Å². The third-order valence-electron chi connectivity index (χ3n) is 3.33. The van der Waals surface area contributed by atoms with Crippen LogP contribution < -0.4 is 5.32 Å². The van der Waals surface area contributed by atoms with E-state index in [4.69, 9.17) is 0 Å². The summed E-state index contributed by atoms with van der Waals surface area (Å²) in [6.07, 6.45) is 4.50. The number of benzene rings is 1. The van der Waals surface area contributed by atoms with Crippen LogP contribution in [0.4, 0.5) is 15.8 Å². The molecular weight excluding hydrogens is 235 g/mol. The van der Waals surface area contributed by atoms with Crippen LogP contribution in [0.15, 0.2) is 18.2 Å². The van der Waals surface area contributed by atoms with Crippen molar-refractivity contribution in [1.29, 1.82) is 0 Å². The lowest BCUT2D eigenvalue weighted by molar-refractivity contribution is -0.385. The highest BCUT2D eigenvalue weighted by atomic mass is 19.1. The van der Waals surface area contributed by atoms with Crippen molar-refractivity contribution in [1.82, 2.24) is 0 Å². The number of non-ortho nitro benzene ring substituents is 1. The van der Waals surface area contributed by atoms with Crippen molar-refractivity contribution >= 4 is 11.4 Å². The monoisotopic (exact) mass is 252 g/mol. The smallest absolute Gasteiger partial charge is 0.272 e.